The van der Waals surface area contributed by atoms with Crippen molar-refractivity contribution in [1.29, 1.82) is 0 Å². The van der Waals surface area contributed by atoms with Crippen LogP contribution in [0.4, 0.5) is 4.79 Å². The number of nitrogens with two attached hydrogens (primary N) is 1. The van der Waals surface area contributed by atoms with Gasteiger partial charge in [0.05, 0.1) is 12.1 Å². The molecular formula is C15H17N3O. The highest BCUT2D eigenvalue weighted by atomic mass is 16.2. The van der Waals surface area contributed by atoms with Crippen molar-refractivity contribution in [2.45, 2.75) is 31.8 Å². The fourth-order valence-corrected chi connectivity index (χ4v) is 2.27. The van der Waals surface area contributed by atoms with Crippen LogP contribution < -0.4 is 5.73 Å². The summed E-state index contributed by atoms with van der Waals surface area (Å²) in [5.74, 6) is 2.93. The lowest BCUT2D eigenvalue weighted by Crippen LogP contribution is -2.45. The van der Waals surface area contributed by atoms with Crippen molar-refractivity contribution in [3.8, 4) is 12.3 Å². The number of rotatable bonds is 4. The van der Waals surface area contributed by atoms with Crippen LogP contribution in [0.5, 0.6) is 0 Å². The molecule has 0 saturated heterocycles. The number of hydrogen-bond acceptors (Lipinski definition) is 2. The molecule has 2 atom stereocenters. The van der Waals surface area contributed by atoms with Crippen LogP contribution in [-0.2, 0) is 6.42 Å². The summed E-state index contributed by atoms with van der Waals surface area (Å²) >= 11 is 0. The lowest BCUT2D eigenvalue weighted by Gasteiger charge is -2.27. The Morgan fingerprint density at radius 2 is 2.16 bits per heavy atom. The van der Waals surface area contributed by atoms with Crippen LogP contribution in [0.2, 0.25) is 0 Å². The van der Waals surface area contributed by atoms with Gasteiger partial charge in [-0.1, -0.05) is 36.3 Å². The van der Waals surface area contributed by atoms with Crippen molar-refractivity contribution >= 4 is 11.9 Å². The van der Waals surface area contributed by atoms with E-state index < -0.39 is 0 Å². The van der Waals surface area contributed by atoms with E-state index in [9.17, 15) is 4.79 Å². The fraction of sp³-hybridized carbons (Fsp3) is 0.333. The standard InChI is InChI=1S/C15H17N3O/c1-3-11(2)18-13(14(16)17-15(18)19)10-9-12-7-5-4-6-8-12/h1,4-8,11,13H,9-10H2,2H3,(H2,16,17,19). The first-order valence-corrected chi connectivity index (χ1v) is 6.30. The lowest BCUT2D eigenvalue weighted by molar-refractivity contribution is 0.196. The second-order valence-electron chi connectivity index (χ2n) is 4.61. The maximum Gasteiger partial charge on any atom is 0.346 e. The Morgan fingerprint density at radius 1 is 1.47 bits per heavy atom. The van der Waals surface area contributed by atoms with E-state index in [0.717, 1.165) is 12.8 Å². The molecule has 1 heterocycles. The minimum Gasteiger partial charge on any atom is -0.385 e. The highest BCUT2D eigenvalue weighted by molar-refractivity contribution is 6.03. The zero-order chi connectivity index (χ0) is 13.8. The maximum absolute atomic E-state index is 11.8. The molecule has 0 aliphatic carbocycles. The molecule has 1 aromatic carbocycles. The van der Waals surface area contributed by atoms with E-state index in [4.69, 9.17) is 12.2 Å². The van der Waals surface area contributed by atoms with Gasteiger partial charge < -0.3 is 5.73 Å². The van der Waals surface area contributed by atoms with Gasteiger partial charge in [-0.3, -0.25) is 4.90 Å². The summed E-state index contributed by atoms with van der Waals surface area (Å²) in [4.78, 5) is 17.2. The summed E-state index contributed by atoms with van der Waals surface area (Å²) in [6.07, 6.45) is 6.96. The molecule has 0 spiro atoms. The number of aliphatic imine (C=N–C) groups is 1. The summed E-state index contributed by atoms with van der Waals surface area (Å²) in [5, 5.41) is 0. The van der Waals surface area contributed by atoms with E-state index in [2.05, 4.69) is 23.0 Å². The van der Waals surface area contributed by atoms with Gasteiger partial charge in [0.2, 0.25) is 0 Å². The van der Waals surface area contributed by atoms with Crippen LogP contribution in [0.15, 0.2) is 35.3 Å². The Balaban J connectivity index is 2.07. The minimum atomic E-state index is -0.332. The Hall–Kier alpha value is -2.28. The van der Waals surface area contributed by atoms with Gasteiger partial charge in [-0.2, -0.15) is 4.99 Å². The van der Waals surface area contributed by atoms with E-state index in [0.29, 0.717) is 5.84 Å². The predicted octanol–water partition coefficient (Wildman–Crippen LogP) is 1.80. The van der Waals surface area contributed by atoms with Gasteiger partial charge in [-0.15, -0.1) is 6.42 Å². The quantitative estimate of drug-likeness (QED) is 0.834. The molecule has 0 fully saturated rings. The van der Waals surface area contributed by atoms with Gasteiger partial charge in [0.1, 0.15) is 5.84 Å². The molecule has 2 rings (SSSR count). The van der Waals surface area contributed by atoms with Gasteiger partial charge >= 0.3 is 6.03 Å². The molecule has 2 N–H and O–H groups in total. The van der Waals surface area contributed by atoms with Crippen molar-refractivity contribution < 1.29 is 4.79 Å². The summed E-state index contributed by atoms with van der Waals surface area (Å²) in [5.41, 5.74) is 7.05. The van der Waals surface area contributed by atoms with Gasteiger partial charge in [0.15, 0.2) is 0 Å². The number of terminal acetylenes is 1. The van der Waals surface area contributed by atoms with Crippen LogP contribution in [0, 0.1) is 12.3 Å². The molecule has 4 heteroatoms. The molecule has 1 aliphatic heterocycles. The third-order valence-corrected chi connectivity index (χ3v) is 3.33. The number of urea groups is 1. The van der Waals surface area contributed by atoms with Gasteiger partial charge in [0, 0.05) is 0 Å². The van der Waals surface area contributed by atoms with Crippen molar-refractivity contribution in [2.24, 2.45) is 10.7 Å². The Bertz CT molecular complexity index is 530. The SMILES string of the molecule is C#CC(C)N1C(=O)N=C(N)C1CCc1ccccc1. The number of aryl methyl sites for hydroxylation is 1. The summed E-state index contributed by atoms with van der Waals surface area (Å²) in [6, 6.07) is 9.25. The molecule has 2 amide bonds. The van der Waals surface area contributed by atoms with Crippen LogP contribution >= 0.6 is 0 Å². The summed E-state index contributed by atoms with van der Waals surface area (Å²) in [6.45, 7) is 1.81. The van der Waals surface area contributed by atoms with E-state index in [-0.39, 0.29) is 18.1 Å². The topological polar surface area (TPSA) is 58.7 Å². The zero-order valence-corrected chi connectivity index (χ0v) is 10.9. The van der Waals surface area contributed by atoms with Crippen molar-refractivity contribution in [3.05, 3.63) is 35.9 Å². The number of carbonyl (C=O) groups excluding carboxylic acids is 1. The average Bonchev–Trinajstić information content (AvgIpc) is 2.71. The predicted molar refractivity (Wildman–Crippen MR) is 75.7 cm³/mol. The molecule has 1 aromatic rings. The second kappa shape index (κ2) is 5.57. The first-order valence-electron chi connectivity index (χ1n) is 6.30. The van der Waals surface area contributed by atoms with Crippen molar-refractivity contribution in [1.82, 2.24) is 4.90 Å². The molecule has 4 nitrogen and oxygen atoms in total. The van der Waals surface area contributed by atoms with Gasteiger partial charge in [-0.05, 0) is 25.3 Å². The molecule has 2 unspecified atom stereocenters. The Kier molecular flexibility index (Phi) is 3.86. The van der Waals surface area contributed by atoms with Crippen LogP contribution in [0.25, 0.3) is 0 Å². The number of carbonyl (C=O) groups is 1. The normalized spacial score (nSPS) is 20.0. The third-order valence-electron chi connectivity index (χ3n) is 3.33. The number of nitrogens with zero attached hydrogens (tertiary/aromatic N) is 2. The van der Waals surface area contributed by atoms with E-state index in [1.54, 1.807) is 4.90 Å². The molecule has 1 aliphatic rings. The first kappa shape index (κ1) is 13.2. The fourth-order valence-electron chi connectivity index (χ4n) is 2.27. The van der Waals surface area contributed by atoms with Gasteiger partial charge in [-0.25, -0.2) is 4.79 Å². The number of amidine groups is 1. The molecule has 0 aromatic heterocycles. The maximum atomic E-state index is 11.8. The molecule has 98 valence electrons. The first-order chi connectivity index (χ1) is 9.13. The highest BCUT2D eigenvalue weighted by Gasteiger charge is 2.35. The summed E-state index contributed by atoms with van der Waals surface area (Å²) in [7, 11) is 0. The van der Waals surface area contributed by atoms with Crippen molar-refractivity contribution in [3.63, 3.8) is 0 Å². The molecule has 0 radical (unpaired) electrons. The smallest absolute Gasteiger partial charge is 0.346 e. The van der Waals surface area contributed by atoms with E-state index in [1.165, 1.54) is 5.56 Å². The molecular weight excluding hydrogens is 238 g/mol. The van der Waals surface area contributed by atoms with Crippen LogP contribution in [-0.4, -0.2) is 28.9 Å². The minimum absolute atomic E-state index is 0.196. The Labute approximate surface area is 113 Å². The number of amides is 2. The molecule has 0 saturated carbocycles. The van der Waals surface area contributed by atoms with Crippen LogP contribution in [0.1, 0.15) is 18.9 Å². The van der Waals surface area contributed by atoms with E-state index in [1.807, 2.05) is 25.1 Å². The average molecular weight is 255 g/mol. The van der Waals surface area contributed by atoms with Crippen molar-refractivity contribution in [2.75, 3.05) is 0 Å². The largest absolute Gasteiger partial charge is 0.385 e. The molecule has 0 bridgehead atoms. The number of benzene rings is 1. The Morgan fingerprint density at radius 3 is 2.79 bits per heavy atom. The number of hydrogen-bond donors (Lipinski definition) is 1. The lowest BCUT2D eigenvalue weighted by atomic mass is 10.0. The molecule has 19 heavy (non-hydrogen) atoms. The van der Waals surface area contributed by atoms with Crippen LogP contribution in [0.3, 0.4) is 0 Å². The third kappa shape index (κ3) is 2.76. The monoisotopic (exact) mass is 255 g/mol. The van der Waals surface area contributed by atoms with E-state index >= 15 is 0 Å². The second-order valence-corrected chi connectivity index (χ2v) is 4.61. The summed E-state index contributed by atoms with van der Waals surface area (Å²) < 4.78 is 0. The van der Waals surface area contributed by atoms with Gasteiger partial charge in [0.25, 0.3) is 0 Å². The zero-order valence-electron chi connectivity index (χ0n) is 10.9. The highest BCUT2D eigenvalue weighted by Crippen LogP contribution is 2.19.